The lowest BCUT2D eigenvalue weighted by molar-refractivity contribution is -0.123. The minimum atomic E-state index is -0.516. The van der Waals surface area contributed by atoms with Crippen LogP contribution in [-0.4, -0.2) is 59.8 Å². The molecule has 0 unspecified atom stereocenters. The Balaban J connectivity index is 1.57. The summed E-state index contributed by atoms with van der Waals surface area (Å²) in [5.41, 5.74) is 2.27. The van der Waals surface area contributed by atoms with Crippen LogP contribution in [0, 0.1) is 5.82 Å². The van der Waals surface area contributed by atoms with Crippen LogP contribution in [0.15, 0.2) is 36.4 Å². The van der Waals surface area contributed by atoms with Crippen molar-refractivity contribution in [3.8, 4) is 0 Å². The van der Waals surface area contributed by atoms with E-state index in [4.69, 9.17) is 32.9 Å². The van der Waals surface area contributed by atoms with E-state index in [-0.39, 0.29) is 11.7 Å². The lowest BCUT2D eigenvalue weighted by atomic mass is 10.1. The van der Waals surface area contributed by atoms with Crippen molar-refractivity contribution in [3.63, 3.8) is 0 Å². The van der Waals surface area contributed by atoms with Gasteiger partial charge in [-0.2, -0.15) is 0 Å². The number of morpholine rings is 1. The summed E-state index contributed by atoms with van der Waals surface area (Å²) < 4.78 is 20.6. The Morgan fingerprint density at radius 1 is 1.19 bits per heavy atom. The predicted molar refractivity (Wildman–Crippen MR) is 124 cm³/mol. The average Bonchev–Trinajstić information content (AvgIpc) is 3.12. The van der Waals surface area contributed by atoms with Gasteiger partial charge < -0.3 is 14.6 Å². The van der Waals surface area contributed by atoms with Crippen molar-refractivity contribution in [2.45, 2.75) is 19.4 Å². The second-order valence-electron chi connectivity index (χ2n) is 7.88. The molecule has 1 amide bonds. The van der Waals surface area contributed by atoms with Gasteiger partial charge in [-0.1, -0.05) is 35.3 Å². The zero-order valence-corrected chi connectivity index (χ0v) is 19.3. The van der Waals surface area contributed by atoms with Gasteiger partial charge in [-0.3, -0.25) is 9.69 Å². The first kappa shape index (κ1) is 23.0. The van der Waals surface area contributed by atoms with Crippen molar-refractivity contribution in [2.75, 3.05) is 39.4 Å². The van der Waals surface area contributed by atoms with Gasteiger partial charge in [-0.05, 0) is 36.8 Å². The molecule has 1 saturated heterocycles. The third-order valence-electron chi connectivity index (χ3n) is 5.68. The van der Waals surface area contributed by atoms with Crippen molar-refractivity contribution in [1.29, 1.82) is 0 Å². The van der Waals surface area contributed by atoms with E-state index >= 15 is 0 Å². The van der Waals surface area contributed by atoms with E-state index in [9.17, 15) is 9.18 Å². The maximum Gasteiger partial charge on any atom is 0.242 e. The van der Waals surface area contributed by atoms with E-state index in [1.165, 1.54) is 12.1 Å². The fourth-order valence-corrected chi connectivity index (χ4v) is 4.22. The first-order chi connectivity index (χ1) is 15.4. The van der Waals surface area contributed by atoms with Gasteiger partial charge in [0.25, 0.3) is 0 Å². The van der Waals surface area contributed by atoms with Crippen LogP contribution in [0.25, 0.3) is 11.0 Å². The Kier molecular flexibility index (Phi) is 7.30. The zero-order valence-electron chi connectivity index (χ0n) is 17.8. The number of hydrogen-bond acceptors (Lipinski definition) is 4. The molecule has 0 saturated carbocycles. The topological polar surface area (TPSA) is 59.4 Å². The molecule has 4 rings (SSSR count). The molecular formula is C23H25Cl2FN4O2. The Morgan fingerprint density at radius 3 is 2.59 bits per heavy atom. The Morgan fingerprint density at radius 2 is 1.88 bits per heavy atom. The smallest absolute Gasteiger partial charge is 0.242 e. The Bertz CT molecular complexity index is 1100. The van der Waals surface area contributed by atoms with Crippen molar-refractivity contribution in [2.24, 2.45) is 0 Å². The summed E-state index contributed by atoms with van der Waals surface area (Å²) in [4.78, 5) is 20.0. The van der Waals surface area contributed by atoms with E-state index in [1.807, 2.05) is 11.5 Å². The summed E-state index contributed by atoms with van der Waals surface area (Å²) in [6.07, 6.45) is 0.440. The number of carbonyl (C=O) groups excluding carboxylic acids is 1. The summed E-state index contributed by atoms with van der Waals surface area (Å²) in [7, 11) is 0. The second-order valence-corrected chi connectivity index (χ2v) is 8.69. The summed E-state index contributed by atoms with van der Waals surface area (Å²) in [5, 5.41) is 3.83. The van der Waals surface area contributed by atoms with Gasteiger partial charge >= 0.3 is 0 Å². The highest BCUT2D eigenvalue weighted by atomic mass is 35.5. The fourth-order valence-electron chi connectivity index (χ4n) is 3.91. The number of benzene rings is 2. The molecule has 1 aromatic heterocycles. The van der Waals surface area contributed by atoms with Crippen molar-refractivity contribution in [1.82, 2.24) is 19.8 Å². The molecule has 2 heterocycles. The summed E-state index contributed by atoms with van der Waals surface area (Å²) in [5.74, 6) is 0.276. The molecule has 1 aliphatic rings. The summed E-state index contributed by atoms with van der Waals surface area (Å²) in [6.45, 7) is 6.36. The van der Waals surface area contributed by atoms with Gasteiger partial charge in [0.2, 0.25) is 5.91 Å². The molecule has 1 N–H and O–H groups in total. The molecule has 32 heavy (non-hydrogen) atoms. The maximum absolute atomic E-state index is 13.3. The zero-order chi connectivity index (χ0) is 22.7. The highest BCUT2D eigenvalue weighted by Gasteiger charge is 2.23. The third-order valence-corrected chi connectivity index (χ3v) is 6.40. The number of hydrogen-bond donors (Lipinski definition) is 1. The second kappa shape index (κ2) is 10.2. The van der Waals surface area contributed by atoms with Crippen LogP contribution in [0.5, 0.6) is 0 Å². The lowest BCUT2D eigenvalue weighted by Crippen LogP contribution is -2.42. The van der Waals surface area contributed by atoms with E-state index in [0.29, 0.717) is 34.4 Å². The quantitative estimate of drug-likeness (QED) is 0.555. The fraction of sp³-hybridized carbons (Fsp3) is 0.391. The van der Waals surface area contributed by atoms with E-state index in [2.05, 4.69) is 10.2 Å². The maximum atomic E-state index is 13.3. The van der Waals surface area contributed by atoms with Crippen LogP contribution in [-0.2, 0) is 16.0 Å². The van der Waals surface area contributed by atoms with Crippen LogP contribution in [0.3, 0.4) is 0 Å². The van der Waals surface area contributed by atoms with Gasteiger partial charge in [0.05, 0.1) is 34.3 Å². The van der Waals surface area contributed by atoms with E-state index in [1.54, 1.807) is 24.3 Å². The molecule has 6 nitrogen and oxygen atoms in total. The first-order valence-corrected chi connectivity index (χ1v) is 11.4. The van der Waals surface area contributed by atoms with Gasteiger partial charge in [-0.25, -0.2) is 9.37 Å². The first-order valence-electron chi connectivity index (χ1n) is 10.6. The molecule has 2 aromatic carbocycles. The van der Waals surface area contributed by atoms with Crippen molar-refractivity contribution < 1.29 is 13.9 Å². The largest absolute Gasteiger partial charge is 0.379 e. The lowest BCUT2D eigenvalue weighted by Gasteiger charge is -2.26. The van der Waals surface area contributed by atoms with Crippen LogP contribution in [0.4, 0.5) is 4.39 Å². The number of aromatic nitrogens is 2. The third kappa shape index (κ3) is 5.23. The molecule has 0 radical (unpaired) electrons. The number of fused-ring (bicyclic) bond motifs is 1. The van der Waals surface area contributed by atoms with Gasteiger partial charge in [-0.15, -0.1) is 0 Å². The molecule has 1 atom stereocenters. The molecule has 0 bridgehead atoms. The molecule has 3 aromatic rings. The van der Waals surface area contributed by atoms with Crippen LogP contribution in [0.1, 0.15) is 24.4 Å². The van der Waals surface area contributed by atoms with E-state index < -0.39 is 6.04 Å². The van der Waals surface area contributed by atoms with E-state index in [0.717, 1.165) is 43.9 Å². The number of amides is 1. The van der Waals surface area contributed by atoms with Crippen LogP contribution in [0.2, 0.25) is 10.0 Å². The summed E-state index contributed by atoms with van der Waals surface area (Å²) in [6, 6.07) is 9.18. The predicted octanol–water partition coefficient (Wildman–Crippen LogP) is 4.08. The number of rotatable bonds is 7. The highest BCUT2D eigenvalue weighted by molar-refractivity contribution is 6.42. The van der Waals surface area contributed by atoms with Gasteiger partial charge in [0.1, 0.15) is 17.7 Å². The van der Waals surface area contributed by atoms with Crippen molar-refractivity contribution >= 4 is 40.1 Å². The molecule has 1 aliphatic heterocycles. The van der Waals surface area contributed by atoms with Crippen LogP contribution < -0.4 is 5.32 Å². The van der Waals surface area contributed by atoms with Gasteiger partial charge in [0, 0.05) is 32.6 Å². The monoisotopic (exact) mass is 478 g/mol. The van der Waals surface area contributed by atoms with Gasteiger partial charge in [0.15, 0.2) is 0 Å². The summed E-state index contributed by atoms with van der Waals surface area (Å²) >= 11 is 12.5. The molecule has 170 valence electrons. The number of imidazole rings is 1. The average molecular weight is 479 g/mol. The minimum Gasteiger partial charge on any atom is -0.379 e. The molecule has 0 aliphatic carbocycles. The SMILES string of the molecule is C[C@@H](C(=O)NCCN1CCOCC1)n1c(Cc2ccc(F)cc2)nc2cc(Cl)c(Cl)cc21. The number of halogens is 3. The number of ether oxygens (including phenoxy) is 1. The molecule has 1 fully saturated rings. The molecule has 0 spiro atoms. The standard InChI is InChI=1S/C23H25Cl2FN4O2/c1-15(23(31)27-6-7-29-8-10-32-11-9-29)30-21-14-19(25)18(24)13-20(21)28-22(30)12-16-2-4-17(26)5-3-16/h2-5,13-15H,6-12H2,1H3,(H,27,31)/t15-/m0/s1. The Hall–Kier alpha value is -2.19. The molecule has 9 heteroatoms. The minimum absolute atomic E-state index is 0.107. The van der Waals surface area contributed by atoms with Crippen LogP contribution >= 0.6 is 23.2 Å². The number of carbonyl (C=O) groups is 1. The normalized spacial score (nSPS) is 15.8. The molecular weight excluding hydrogens is 454 g/mol. The highest BCUT2D eigenvalue weighted by Crippen LogP contribution is 2.31. The Labute approximate surface area is 196 Å². The number of nitrogens with zero attached hydrogens (tertiary/aromatic N) is 3. The number of nitrogens with one attached hydrogen (secondary N) is 1. The van der Waals surface area contributed by atoms with Crippen molar-refractivity contribution in [3.05, 3.63) is 63.6 Å².